The fourth-order valence-corrected chi connectivity index (χ4v) is 3.49. The first-order valence-corrected chi connectivity index (χ1v) is 7.94. The summed E-state index contributed by atoms with van der Waals surface area (Å²) in [5.41, 5.74) is 3.06. The highest BCUT2D eigenvalue weighted by atomic mass is 16.1. The van der Waals surface area contributed by atoms with E-state index < -0.39 is 0 Å². The standard InChI is InChI=1S/C19H28O/c1-14(20)13-15-5-7-16(8-6-15)17-9-11-18(12-10-17)19(2,3)4/h5-8,17-18H,9-13H2,1-4H3. The number of hydrogen-bond acceptors (Lipinski definition) is 1. The molecule has 0 aliphatic heterocycles. The fraction of sp³-hybridized carbons (Fsp3) is 0.632. The van der Waals surface area contributed by atoms with Crippen LogP contribution < -0.4 is 0 Å². The molecule has 0 heterocycles. The van der Waals surface area contributed by atoms with Gasteiger partial charge in [0, 0.05) is 6.42 Å². The zero-order valence-corrected chi connectivity index (χ0v) is 13.4. The van der Waals surface area contributed by atoms with Gasteiger partial charge >= 0.3 is 0 Å². The Labute approximate surface area is 123 Å². The zero-order chi connectivity index (χ0) is 14.8. The summed E-state index contributed by atoms with van der Waals surface area (Å²) in [4.78, 5) is 11.1. The van der Waals surface area contributed by atoms with Crippen molar-refractivity contribution in [1.82, 2.24) is 0 Å². The first kappa shape index (κ1) is 15.3. The van der Waals surface area contributed by atoms with Crippen molar-refractivity contribution in [2.24, 2.45) is 11.3 Å². The van der Waals surface area contributed by atoms with E-state index in [-0.39, 0.29) is 5.78 Å². The number of Topliss-reactive ketones (excluding diaryl/α,β-unsaturated/α-hetero) is 1. The van der Waals surface area contributed by atoms with Gasteiger partial charge in [-0.3, -0.25) is 4.79 Å². The van der Waals surface area contributed by atoms with Gasteiger partial charge in [0.1, 0.15) is 5.78 Å². The molecule has 1 nitrogen and oxygen atoms in total. The average molecular weight is 272 g/mol. The molecule has 0 aromatic heterocycles. The van der Waals surface area contributed by atoms with E-state index in [1.54, 1.807) is 6.92 Å². The molecule has 0 saturated heterocycles. The molecule has 1 aliphatic rings. The maximum absolute atomic E-state index is 11.1. The number of rotatable bonds is 3. The Hall–Kier alpha value is -1.11. The van der Waals surface area contributed by atoms with E-state index in [2.05, 4.69) is 45.0 Å². The molecule has 1 aliphatic carbocycles. The lowest BCUT2D eigenvalue weighted by molar-refractivity contribution is -0.116. The molecule has 1 saturated carbocycles. The van der Waals surface area contributed by atoms with Gasteiger partial charge in [-0.05, 0) is 61.0 Å². The third-order valence-corrected chi connectivity index (χ3v) is 4.86. The first-order chi connectivity index (χ1) is 9.36. The summed E-state index contributed by atoms with van der Waals surface area (Å²) in [5, 5.41) is 0. The minimum absolute atomic E-state index is 0.239. The zero-order valence-electron chi connectivity index (χ0n) is 13.4. The van der Waals surface area contributed by atoms with E-state index in [0.717, 1.165) is 17.4 Å². The van der Waals surface area contributed by atoms with Crippen LogP contribution in [-0.2, 0) is 11.2 Å². The van der Waals surface area contributed by atoms with Crippen LogP contribution in [0.3, 0.4) is 0 Å². The molecule has 2 rings (SSSR count). The predicted octanol–water partition coefficient (Wildman–Crippen LogP) is 5.14. The van der Waals surface area contributed by atoms with Crippen LogP contribution in [0.2, 0.25) is 0 Å². The van der Waals surface area contributed by atoms with E-state index in [9.17, 15) is 4.79 Å². The lowest BCUT2D eigenvalue weighted by atomic mass is 9.68. The van der Waals surface area contributed by atoms with Gasteiger partial charge < -0.3 is 0 Å². The Morgan fingerprint density at radius 1 is 1.05 bits per heavy atom. The van der Waals surface area contributed by atoms with Crippen molar-refractivity contribution in [3.8, 4) is 0 Å². The third-order valence-electron chi connectivity index (χ3n) is 4.86. The normalized spacial score (nSPS) is 23.6. The van der Waals surface area contributed by atoms with Crippen LogP contribution in [0.25, 0.3) is 0 Å². The van der Waals surface area contributed by atoms with Crippen LogP contribution in [0.4, 0.5) is 0 Å². The van der Waals surface area contributed by atoms with Crippen LogP contribution in [0, 0.1) is 11.3 Å². The van der Waals surface area contributed by atoms with Gasteiger partial charge in [0.25, 0.3) is 0 Å². The van der Waals surface area contributed by atoms with Gasteiger partial charge in [-0.25, -0.2) is 0 Å². The lowest BCUT2D eigenvalue weighted by Gasteiger charge is -2.37. The van der Waals surface area contributed by atoms with Crippen molar-refractivity contribution in [3.05, 3.63) is 35.4 Å². The molecule has 0 N–H and O–H groups in total. The molecular formula is C19H28O. The second-order valence-corrected chi connectivity index (χ2v) is 7.53. The fourth-order valence-electron chi connectivity index (χ4n) is 3.49. The highest BCUT2D eigenvalue weighted by molar-refractivity contribution is 5.78. The third kappa shape index (κ3) is 3.94. The van der Waals surface area contributed by atoms with E-state index in [1.165, 1.54) is 31.2 Å². The molecule has 1 fully saturated rings. The number of hydrogen-bond donors (Lipinski definition) is 0. The Morgan fingerprint density at radius 2 is 1.60 bits per heavy atom. The number of ketones is 1. The molecule has 110 valence electrons. The minimum atomic E-state index is 0.239. The summed E-state index contributed by atoms with van der Waals surface area (Å²) >= 11 is 0. The molecule has 0 radical (unpaired) electrons. The van der Waals surface area contributed by atoms with Crippen LogP contribution in [-0.4, -0.2) is 5.78 Å². The van der Waals surface area contributed by atoms with Crippen molar-refractivity contribution in [1.29, 1.82) is 0 Å². The largest absolute Gasteiger partial charge is 0.300 e. The molecule has 0 bridgehead atoms. The number of carbonyl (C=O) groups excluding carboxylic acids is 1. The summed E-state index contributed by atoms with van der Waals surface area (Å²) < 4.78 is 0. The minimum Gasteiger partial charge on any atom is -0.300 e. The SMILES string of the molecule is CC(=O)Cc1ccc(C2CCC(C(C)(C)C)CC2)cc1. The first-order valence-electron chi connectivity index (χ1n) is 7.94. The van der Waals surface area contributed by atoms with Gasteiger partial charge in [0.2, 0.25) is 0 Å². The van der Waals surface area contributed by atoms with Crippen molar-refractivity contribution in [2.75, 3.05) is 0 Å². The predicted molar refractivity (Wildman–Crippen MR) is 85.0 cm³/mol. The highest BCUT2D eigenvalue weighted by Gasteiger charge is 2.30. The second kappa shape index (κ2) is 6.11. The van der Waals surface area contributed by atoms with Crippen molar-refractivity contribution in [3.63, 3.8) is 0 Å². The van der Waals surface area contributed by atoms with Gasteiger partial charge in [0.15, 0.2) is 0 Å². The van der Waals surface area contributed by atoms with Crippen molar-refractivity contribution >= 4 is 5.78 Å². The Kier molecular flexibility index (Phi) is 4.67. The molecule has 1 heteroatoms. The summed E-state index contributed by atoms with van der Waals surface area (Å²) in [5.74, 6) is 1.83. The number of carbonyl (C=O) groups is 1. The molecule has 0 atom stereocenters. The molecule has 1 aromatic carbocycles. The Balaban J connectivity index is 1.95. The van der Waals surface area contributed by atoms with Gasteiger partial charge in [-0.1, -0.05) is 45.0 Å². The highest BCUT2D eigenvalue weighted by Crippen LogP contribution is 2.43. The maximum Gasteiger partial charge on any atom is 0.134 e. The van der Waals surface area contributed by atoms with E-state index in [4.69, 9.17) is 0 Å². The van der Waals surface area contributed by atoms with Crippen LogP contribution in [0.1, 0.15) is 70.4 Å². The van der Waals surface area contributed by atoms with Gasteiger partial charge in [-0.15, -0.1) is 0 Å². The topological polar surface area (TPSA) is 17.1 Å². The van der Waals surface area contributed by atoms with Crippen LogP contribution in [0.15, 0.2) is 24.3 Å². The molecule has 20 heavy (non-hydrogen) atoms. The Bertz CT molecular complexity index is 442. The molecule has 1 aromatic rings. The molecule has 0 amide bonds. The summed E-state index contributed by atoms with van der Waals surface area (Å²) in [6.07, 6.45) is 5.89. The van der Waals surface area contributed by atoms with E-state index in [0.29, 0.717) is 11.8 Å². The van der Waals surface area contributed by atoms with Crippen molar-refractivity contribution < 1.29 is 4.79 Å². The van der Waals surface area contributed by atoms with Crippen molar-refractivity contribution in [2.45, 2.75) is 65.7 Å². The van der Waals surface area contributed by atoms with Crippen LogP contribution >= 0.6 is 0 Å². The molecule has 0 unspecified atom stereocenters. The smallest absolute Gasteiger partial charge is 0.134 e. The molecule has 0 spiro atoms. The van der Waals surface area contributed by atoms with E-state index in [1.807, 2.05) is 0 Å². The quantitative estimate of drug-likeness (QED) is 0.744. The van der Waals surface area contributed by atoms with Gasteiger partial charge in [-0.2, -0.15) is 0 Å². The number of benzene rings is 1. The van der Waals surface area contributed by atoms with Gasteiger partial charge in [0.05, 0.1) is 0 Å². The Morgan fingerprint density at radius 3 is 2.05 bits per heavy atom. The summed E-state index contributed by atoms with van der Waals surface area (Å²) in [6.45, 7) is 8.76. The van der Waals surface area contributed by atoms with E-state index >= 15 is 0 Å². The second-order valence-electron chi connectivity index (χ2n) is 7.53. The monoisotopic (exact) mass is 272 g/mol. The van der Waals surface area contributed by atoms with Crippen LogP contribution in [0.5, 0.6) is 0 Å². The molecular weight excluding hydrogens is 244 g/mol. The average Bonchev–Trinajstić information content (AvgIpc) is 2.38. The summed E-state index contributed by atoms with van der Waals surface area (Å²) in [7, 11) is 0. The summed E-state index contributed by atoms with van der Waals surface area (Å²) in [6, 6.07) is 8.74. The maximum atomic E-state index is 11.1. The lowest BCUT2D eigenvalue weighted by Crippen LogP contribution is -2.25.